The molecule has 2 aromatic rings. The first-order valence-corrected chi connectivity index (χ1v) is 7.72. The highest BCUT2D eigenvalue weighted by atomic mass is 19.4. The molecule has 0 bridgehead atoms. The molecule has 2 rings (SSSR count). The van der Waals surface area contributed by atoms with Crippen molar-refractivity contribution in [2.75, 3.05) is 19.6 Å². The van der Waals surface area contributed by atoms with E-state index in [2.05, 4.69) is 0 Å². The van der Waals surface area contributed by atoms with E-state index in [1.54, 1.807) is 0 Å². The number of alkyl halides is 3. The van der Waals surface area contributed by atoms with Gasteiger partial charge in [0.05, 0.1) is 5.56 Å². The van der Waals surface area contributed by atoms with Crippen molar-refractivity contribution in [3.05, 3.63) is 71.0 Å². The van der Waals surface area contributed by atoms with Crippen LogP contribution in [0.25, 0.3) is 0 Å². The van der Waals surface area contributed by atoms with Gasteiger partial charge in [0.25, 0.3) is 5.91 Å². The highest BCUT2D eigenvalue weighted by Crippen LogP contribution is 2.30. The molecule has 0 atom stereocenters. The minimum absolute atomic E-state index is 0.155. The van der Waals surface area contributed by atoms with Crippen LogP contribution in [0.4, 0.5) is 17.6 Å². The van der Waals surface area contributed by atoms with Gasteiger partial charge in [-0.05, 0) is 30.2 Å². The molecule has 0 unspecified atom stereocenters. The third-order valence-corrected chi connectivity index (χ3v) is 3.67. The number of hydrogen-bond donors (Lipinski definition) is 1. The number of rotatable bonds is 6. The molecule has 7 heteroatoms. The summed E-state index contributed by atoms with van der Waals surface area (Å²) in [6, 6.07) is 11.2. The van der Waals surface area contributed by atoms with Crippen LogP contribution in [0.3, 0.4) is 0 Å². The van der Waals surface area contributed by atoms with Gasteiger partial charge >= 0.3 is 6.18 Å². The molecule has 0 radical (unpaired) electrons. The monoisotopic (exact) mass is 354 g/mol. The van der Waals surface area contributed by atoms with E-state index in [1.807, 2.05) is 30.3 Å². The number of carbonyl (C=O) groups excluding carboxylic acids is 1. The topological polar surface area (TPSA) is 46.3 Å². The van der Waals surface area contributed by atoms with Crippen LogP contribution in [-0.2, 0) is 12.6 Å². The Balaban J connectivity index is 2.20. The summed E-state index contributed by atoms with van der Waals surface area (Å²) in [5.41, 5.74) is 4.95. The number of carbonyl (C=O) groups is 1. The second-order valence-corrected chi connectivity index (χ2v) is 5.54. The van der Waals surface area contributed by atoms with Crippen molar-refractivity contribution in [2.24, 2.45) is 5.73 Å². The van der Waals surface area contributed by atoms with E-state index in [-0.39, 0.29) is 25.2 Å². The fourth-order valence-electron chi connectivity index (χ4n) is 2.44. The normalized spacial score (nSPS) is 11.4. The molecule has 3 nitrogen and oxygen atoms in total. The maximum Gasteiger partial charge on any atom is 0.416 e. The van der Waals surface area contributed by atoms with Gasteiger partial charge in [0.2, 0.25) is 0 Å². The molecule has 134 valence electrons. The predicted octanol–water partition coefficient (Wildman–Crippen LogP) is 3.49. The maximum absolute atomic E-state index is 13.5. The zero-order valence-electron chi connectivity index (χ0n) is 13.4. The minimum Gasteiger partial charge on any atom is -0.337 e. The van der Waals surface area contributed by atoms with Crippen LogP contribution >= 0.6 is 0 Å². The molecular weight excluding hydrogens is 336 g/mol. The lowest BCUT2D eigenvalue weighted by Crippen LogP contribution is -2.37. The van der Waals surface area contributed by atoms with Crippen LogP contribution in [0.1, 0.15) is 21.5 Å². The first kappa shape index (κ1) is 18.9. The van der Waals surface area contributed by atoms with Crippen LogP contribution in [0, 0.1) is 5.82 Å². The van der Waals surface area contributed by atoms with Crippen LogP contribution in [0.15, 0.2) is 48.5 Å². The largest absolute Gasteiger partial charge is 0.416 e. The van der Waals surface area contributed by atoms with Gasteiger partial charge in [-0.15, -0.1) is 0 Å². The lowest BCUT2D eigenvalue weighted by molar-refractivity contribution is -0.137. The molecule has 2 aromatic carbocycles. The average Bonchev–Trinajstić information content (AvgIpc) is 2.57. The zero-order chi connectivity index (χ0) is 18.4. The van der Waals surface area contributed by atoms with E-state index in [0.29, 0.717) is 18.6 Å². The lowest BCUT2D eigenvalue weighted by Gasteiger charge is -2.22. The number of amides is 1. The van der Waals surface area contributed by atoms with Crippen molar-refractivity contribution < 1.29 is 22.4 Å². The Labute approximate surface area is 143 Å². The van der Waals surface area contributed by atoms with Crippen molar-refractivity contribution in [1.29, 1.82) is 0 Å². The van der Waals surface area contributed by atoms with Gasteiger partial charge in [-0.1, -0.05) is 30.3 Å². The van der Waals surface area contributed by atoms with Crippen molar-refractivity contribution in [1.82, 2.24) is 4.90 Å². The molecule has 25 heavy (non-hydrogen) atoms. The van der Waals surface area contributed by atoms with Crippen LogP contribution in [0.2, 0.25) is 0 Å². The number of benzene rings is 2. The van der Waals surface area contributed by atoms with Crippen molar-refractivity contribution >= 4 is 5.91 Å². The second kappa shape index (κ2) is 8.11. The van der Waals surface area contributed by atoms with E-state index in [1.165, 1.54) is 4.90 Å². The van der Waals surface area contributed by atoms with Crippen molar-refractivity contribution in [2.45, 2.75) is 12.6 Å². The second-order valence-electron chi connectivity index (χ2n) is 5.54. The van der Waals surface area contributed by atoms with E-state index >= 15 is 0 Å². The van der Waals surface area contributed by atoms with E-state index < -0.39 is 23.5 Å². The summed E-state index contributed by atoms with van der Waals surface area (Å²) in [6.07, 6.45) is -4.20. The number of halogens is 4. The first-order valence-electron chi connectivity index (χ1n) is 7.72. The van der Waals surface area contributed by atoms with Gasteiger partial charge in [-0.2, -0.15) is 13.2 Å². The van der Waals surface area contributed by atoms with Gasteiger partial charge in [0.15, 0.2) is 0 Å². The molecule has 2 N–H and O–H groups in total. The minimum atomic E-state index is -4.72. The lowest BCUT2D eigenvalue weighted by atomic mass is 10.1. The SMILES string of the molecule is NCCN(CCc1ccccc1)C(=O)c1cc(F)cc(C(F)(F)F)c1. The quantitative estimate of drug-likeness (QED) is 0.808. The maximum atomic E-state index is 13.5. The molecule has 0 aromatic heterocycles. The Morgan fingerprint density at radius 3 is 2.32 bits per heavy atom. The number of nitrogens with zero attached hydrogens (tertiary/aromatic N) is 1. The summed E-state index contributed by atoms with van der Waals surface area (Å²) >= 11 is 0. The Bertz CT molecular complexity index is 717. The molecule has 0 spiro atoms. The summed E-state index contributed by atoms with van der Waals surface area (Å²) in [4.78, 5) is 13.9. The van der Waals surface area contributed by atoms with Crippen LogP contribution < -0.4 is 5.73 Å². The summed E-state index contributed by atoms with van der Waals surface area (Å²) in [7, 11) is 0. The molecule has 0 fully saturated rings. The molecule has 0 saturated carbocycles. The van der Waals surface area contributed by atoms with Gasteiger partial charge in [0.1, 0.15) is 5.82 Å². The summed E-state index contributed by atoms with van der Waals surface area (Å²) < 4.78 is 52.0. The fraction of sp³-hybridized carbons (Fsp3) is 0.278. The van der Waals surface area contributed by atoms with E-state index in [0.717, 1.165) is 11.6 Å². The van der Waals surface area contributed by atoms with Crippen molar-refractivity contribution in [3.8, 4) is 0 Å². The van der Waals surface area contributed by atoms with Gasteiger partial charge in [0, 0.05) is 25.2 Å². The van der Waals surface area contributed by atoms with Gasteiger partial charge < -0.3 is 10.6 Å². The van der Waals surface area contributed by atoms with Crippen LogP contribution in [-0.4, -0.2) is 30.4 Å². The summed E-state index contributed by atoms with van der Waals surface area (Å²) in [6.45, 7) is 0.601. The Morgan fingerprint density at radius 2 is 1.72 bits per heavy atom. The van der Waals surface area contributed by atoms with Crippen molar-refractivity contribution in [3.63, 3.8) is 0 Å². The zero-order valence-corrected chi connectivity index (χ0v) is 13.4. The third kappa shape index (κ3) is 5.29. The first-order chi connectivity index (χ1) is 11.8. The molecule has 0 aliphatic carbocycles. The summed E-state index contributed by atoms with van der Waals surface area (Å²) in [5, 5.41) is 0. The molecule has 1 amide bonds. The molecule has 0 aliphatic heterocycles. The molecular formula is C18H18F4N2O. The van der Waals surface area contributed by atoms with E-state index in [9.17, 15) is 22.4 Å². The average molecular weight is 354 g/mol. The smallest absolute Gasteiger partial charge is 0.337 e. The standard InChI is InChI=1S/C18H18F4N2O/c19-16-11-14(10-15(12-16)18(20,21)22)17(25)24(9-7-23)8-6-13-4-2-1-3-5-13/h1-5,10-12H,6-9,23H2. The molecule has 0 saturated heterocycles. The highest BCUT2D eigenvalue weighted by molar-refractivity contribution is 5.94. The van der Waals surface area contributed by atoms with Gasteiger partial charge in [-0.25, -0.2) is 4.39 Å². The Hall–Kier alpha value is -2.41. The van der Waals surface area contributed by atoms with E-state index in [4.69, 9.17) is 5.73 Å². The fourth-order valence-corrected chi connectivity index (χ4v) is 2.44. The number of nitrogens with two attached hydrogens (primary N) is 1. The number of hydrogen-bond acceptors (Lipinski definition) is 2. The highest BCUT2D eigenvalue weighted by Gasteiger charge is 2.32. The molecule has 0 aliphatic rings. The van der Waals surface area contributed by atoms with Gasteiger partial charge in [-0.3, -0.25) is 4.79 Å². The predicted molar refractivity (Wildman–Crippen MR) is 86.5 cm³/mol. The summed E-state index contributed by atoms with van der Waals surface area (Å²) in [5.74, 6) is -1.78. The Morgan fingerprint density at radius 1 is 1.04 bits per heavy atom. The van der Waals surface area contributed by atoms with Crippen LogP contribution in [0.5, 0.6) is 0 Å². The third-order valence-electron chi connectivity index (χ3n) is 3.67. The molecule has 0 heterocycles. The Kier molecular flexibility index (Phi) is 6.14.